The lowest BCUT2D eigenvalue weighted by atomic mass is 10.0. The first-order valence-electron chi connectivity index (χ1n) is 12.0. The van der Waals surface area contributed by atoms with Gasteiger partial charge in [0.2, 0.25) is 0 Å². The van der Waals surface area contributed by atoms with E-state index in [2.05, 4.69) is 16.5 Å². The Balaban J connectivity index is 3.02. The van der Waals surface area contributed by atoms with E-state index in [4.69, 9.17) is 14.5 Å². The zero-order chi connectivity index (χ0) is 21.5. The third-order valence-electron chi connectivity index (χ3n) is 5.06. The lowest BCUT2D eigenvalue weighted by Gasteiger charge is -2.05. The molecule has 29 heavy (non-hydrogen) atoms. The first-order valence-corrected chi connectivity index (χ1v) is 13.5. The maximum atomic E-state index is 10.4. The summed E-state index contributed by atoms with van der Waals surface area (Å²) in [6.07, 6.45) is 22.6. The van der Waals surface area contributed by atoms with Crippen molar-refractivity contribution >= 4 is 7.82 Å². The Morgan fingerprint density at radius 1 is 0.552 bits per heavy atom. The van der Waals surface area contributed by atoms with Gasteiger partial charge in [0.15, 0.2) is 0 Å². The zero-order valence-electron chi connectivity index (χ0n) is 18.8. The summed E-state index contributed by atoms with van der Waals surface area (Å²) < 4.78 is 20.0. The molecule has 0 aromatic heterocycles. The number of ether oxygens (including phenoxy) is 1. The molecule has 0 fully saturated rings. The van der Waals surface area contributed by atoms with Crippen molar-refractivity contribution in [3.63, 3.8) is 0 Å². The van der Waals surface area contributed by atoms with Crippen molar-refractivity contribution in [2.75, 3.05) is 19.8 Å². The van der Waals surface area contributed by atoms with Gasteiger partial charge in [0.1, 0.15) is 0 Å². The summed E-state index contributed by atoms with van der Waals surface area (Å²) in [4.78, 5) is 21.4. The number of hydrogen-bond acceptors (Lipinski definition) is 4. The van der Waals surface area contributed by atoms with Crippen molar-refractivity contribution in [3.05, 3.63) is 0 Å². The van der Waals surface area contributed by atoms with Crippen LogP contribution >= 0.6 is 7.82 Å². The minimum absolute atomic E-state index is 0.233. The second-order valence-corrected chi connectivity index (χ2v) is 9.14. The normalized spacial score (nSPS) is 12.0. The molecule has 0 bridgehead atoms. The molecule has 0 rings (SSSR count). The van der Waals surface area contributed by atoms with Gasteiger partial charge < -0.3 is 14.5 Å². The third kappa shape index (κ3) is 28.0. The molecule has 0 radical (unpaired) electrons. The van der Waals surface area contributed by atoms with Crippen LogP contribution < -0.4 is 0 Å². The second-order valence-electron chi connectivity index (χ2n) is 8.01. The van der Waals surface area contributed by atoms with E-state index in [9.17, 15) is 4.57 Å². The second kappa shape index (κ2) is 22.7. The summed E-state index contributed by atoms with van der Waals surface area (Å²) in [5, 5.41) is 0. The average Bonchev–Trinajstić information content (AvgIpc) is 2.67. The van der Waals surface area contributed by atoms with Gasteiger partial charge in [-0.15, -0.1) is 4.67 Å². The molecule has 0 aromatic rings. The molecule has 0 aromatic carbocycles. The minimum atomic E-state index is -4.49. The van der Waals surface area contributed by atoms with Crippen LogP contribution in [0.4, 0.5) is 0 Å². The van der Waals surface area contributed by atoms with E-state index in [1.54, 1.807) is 0 Å². The van der Waals surface area contributed by atoms with E-state index in [0.29, 0.717) is 0 Å². The van der Waals surface area contributed by atoms with Crippen molar-refractivity contribution < 1.29 is 28.7 Å². The largest absolute Gasteiger partial charge is 0.496 e. The van der Waals surface area contributed by atoms with Gasteiger partial charge in [0.25, 0.3) is 0 Å². The molecule has 0 spiro atoms. The lowest BCUT2D eigenvalue weighted by molar-refractivity contribution is -0.222. The Morgan fingerprint density at radius 3 is 1.28 bits per heavy atom. The van der Waals surface area contributed by atoms with Crippen molar-refractivity contribution in [1.29, 1.82) is 0 Å². The fourth-order valence-electron chi connectivity index (χ4n) is 3.33. The third-order valence-corrected chi connectivity index (χ3v) is 5.36. The lowest BCUT2D eigenvalue weighted by Crippen LogP contribution is -1.97. The Kier molecular flexibility index (Phi) is 22.7. The van der Waals surface area contributed by atoms with Crippen molar-refractivity contribution in [2.24, 2.45) is 0 Å². The monoisotopic (exact) mass is 438 g/mol. The molecule has 7 heteroatoms. The van der Waals surface area contributed by atoms with Gasteiger partial charge in [-0.05, 0) is 19.3 Å². The maximum Gasteiger partial charge on any atom is 0.496 e. The maximum absolute atomic E-state index is 10.4. The van der Waals surface area contributed by atoms with Crippen LogP contribution in [0.25, 0.3) is 0 Å². The highest BCUT2D eigenvalue weighted by Crippen LogP contribution is 2.35. The fourth-order valence-corrected chi connectivity index (χ4v) is 3.54. The van der Waals surface area contributed by atoms with E-state index in [0.717, 1.165) is 32.5 Å². The molecule has 2 N–H and O–H groups in total. The van der Waals surface area contributed by atoms with Crippen LogP contribution in [-0.2, 0) is 18.9 Å². The van der Waals surface area contributed by atoms with Crippen LogP contribution in [-0.4, -0.2) is 29.6 Å². The zero-order valence-corrected chi connectivity index (χ0v) is 19.7. The number of phosphoric acid groups is 1. The SMILES string of the molecule is CCCCCCOCCCCCCCCCCCCCCCCOOP(=O)(O)O. The van der Waals surface area contributed by atoms with Crippen molar-refractivity contribution in [1.82, 2.24) is 0 Å². The topological polar surface area (TPSA) is 85.2 Å². The number of unbranched alkanes of at least 4 members (excludes halogenated alkanes) is 16. The summed E-state index contributed by atoms with van der Waals surface area (Å²) in [6, 6.07) is 0. The van der Waals surface area contributed by atoms with E-state index >= 15 is 0 Å². The summed E-state index contributed by atoms with van der Waals surface area (Å²) in [6.45, 7) is 4.36. The van der Waals surface area contributed by atoms with Crippen LogP contribution in [0.15, 0.2) is 0 Å². The molecule has 0 unspecified atom stereocenters. The highest BCUT2D eigenvalue weighted by atomic mass is 31.2. The molecule has 176 valence electrons. The van der Waals surface area contributed by atoms with E-state index < -0.39 is 7.82 Å². The van der Waals surface area contributed by atoms with Gasteiger partial charge >= 0.3 is 7.82 Å². The van der Waals surface area contributed by atoms with Crippen LogP contribution in [0.2, 0.25) is 0 Å². The molecule has 6 nitrogen and oxygen atoms in total. The number of rotatable bonds is 24. The molecule has 0 atom stereocenters. The van der Waals surface area contributed by atoms with Crippen LogP contribution in [0.1, 0.15) is 122 Å². The van der Waals surface area contributed by atoms with Crippen LogP contribution in [0.3, 0.4) is 0 Å². The average molecular weight is 439 g/mol. The molecular formula is C22H47O6P. The minimum Gasteiger partial charge on any atom is -0.381 e. The smallest absolute Gasteiger partial charge is 0.381 e. The van der Waals surface area contributed by atoms with E-state index in [1.807, 2.05) is 0 Å². The first kappa shape index (κ1) is 29.0. The summed E-state index contributed by atoms with van der Waals surface area (Å²) >= 11 is 0. The van der Waals surface area contributed by atoms with Gasteiger partial charge in [-0.3, -0.25) is 0 Å². The molecular weight excluding hydrogens is 391 g/mol. The first-order chi connectivity index (χ1) is 14.1. The van der Waals surface area contributed by atoms with Crippen molar-refractivity contribution in [2.45, 2.75) is 122 Å². The van der Waals surface area contributed by atoms with Gasteiger partial charge in [-0.2, -0.15) is 0 Å². The van der Waals surface area contributed by atoms with Crippen LogP contribution in [0.5, 0.6) is 0 Å². The molecule has 0 amide bonds. The standard InChI is InChI=1S/C22H47O6P/c1-2-3-4-17-20-26-21-18-15-13-11-9-7-5-6-8-10-12-14-16-19-22-27-28-29(23,24)25/h2-22H2,1H3,(H2,23,24,25). The Hall–Kier alpha value is 0.0300. The summed E-state index contributed by atoms with van der Waals surface area (Å²) in [7, 11) is -4.49. The molecule has 0 saturated carbocycles. The van der Waals surface area contributed by atoms with Gasteiger partial charge in [-0.1, -0.05) is 103 Å². The number of hydrogen-bond donors (Lipinski definition) is 2. The molecule has 0 aliphatic carbocycles. The Morgan fingerprint density at radius 2 is 0.897 bits per heavy atom. The molecule has 0 saturated heterocycles. The van der Waals surface area contributed by atoms with Gasteiger partial charge in [-0.25, -0.2) is 9.45 Å². The van der Waals surface area contributed by atoms with E-state index in [-0.39, 0.29) is 6.61 Å². The highest BCUT2D eigenvalue weighted by molar-refractivity contribution is 7.46. The quantitative estimate of drug-likeness (QED) is 0.0724. The Bertz CT molecular complexity index is 361. The van der Waals surface area contributed by atoms with Crippen LogP contribution in [0, 0.1) is 0 Å². The van der Waals surface area contributed by atoms with E-state index in [1.165, 1.54) is 96.3 Å². The fraction of sp³-hybridized carbons (Fsp3) is 1.00. The van der Waals surface area contributed by atoms with Crippen molar-refractivity contribution in [3.8, 4) is 0 Å². The highest BCUT2D eigenvalue weighted by Gasteiger charge is 2.14. The predicted molar refractivity (Wildman–Crippen MR) is 119 cm³/mol. The predicted octanol–water partition coefficient (Wildman–Crippen LogP) is 7.09. The Labute approximate surface area is 179 Å². The molecule has 0 heterocycles. The van der Waals surface area contributed by atoms with Gasteiger partial charge in [0, 0.05) is 13.2 Å². The molecule has 0 aliphatic heterocycles. The molecule has 0 aliphatic rings. The summed E-state index contributed by atoms with van der Waals surface area (Å²) in [5.74, 6) is 0. The van der Waals surface area contributed by atoms with Gasteiger partial charge in [0.05, 0.1) is 6.61 Å². The summed E-state index contributed by atoms with van der Waals surface area (Å²) in [5.41, 5.74) is 0.